The zero-order valence-corrected chi connectivity index (χ0v) is 46.0. The van der Waals surface area contributed by atoms with Crippen molar-refractivity contribution >= 4 is 383 Å². The van der Waals surface area contributed by atoms with Crippen LogP contribution in [0.1, 0.15) is 0 Å². The standard InChI is InChI=1S/C17HCl33/c18-1-2(19,20)4(23,24)6(27,28)8(31,32)10(35,36)12(39,40)14(43,44)16(47,48)17(49,50)15(45,46)13(41,42)11(37,38)9(33,34)7(29,30)5(25,26)3(1,21)22/h1H. The van der Waals surface area contributed by atoms with Crippen molar-refractivity contribution in [2.75, 3.05) is 0 Å². The highest BCUT2D eigenvalue weighted by atomic mass is 35.6. The molecular formula is C17HCl33. The molecule has 0 radical (unpaired) electrons. The van der Waals surface area contributed by atoms with E-state index in [2.05, 4.69) is 0 Å². The van der Waals surface area contributed by atoms with E-state index in [0.717, 1.165) is 0 Å². The summed E-state index contributed by atoms with van der Waals surface area (Å²) in [4.78, 5) is 0. The van der Waals surface area contributed by atoms with Gasteiger partial charge in [0.05, 0.1) is 0 Å². The Morgan fingerprint density at radius 1 is 0.160 bits per heavy atom. The van der Waals surface area contributed by atoms with Crippen LogP contribution in [0.5, 0.6) is 0 Å². The summed E-state index contributed by atoms with van der Waals surface area (Å²) in [6, 6.07) is 0. The summed E-state index contributed by atoms with van der Waals surface area (Å²) in [5.41, 5.74) is 0. The molecule has 0 bridgehead atoms. The van der Waals surface area contributed by atoms with Crippen molar-refractivity contribution in [1.29, 1.82) is 0 Å². The maximum atomic E-state index is 6.54. The molecule has 1 saturated carbocycles. The number of alkyl halides is 33. The largest absolute Gasteiger partial charge is 0.189 e. The Balaban J connectivity index is 4.82. The van der Waals surface area contributed by atoms with E-state index >= 15 is 0 Å². The van der Waals surface area contributed by atoms with Gasteiger partial charge in [-0.2, -0.15) is 0 Å². The predicted molar refractivity (Wildman–Crippen MR) is 241 cm³/mol. The molecule has 0 aromatic rings. The van der Waals surface area contributed by atoms with Crippen LogP contribution in [-0.2, 0) is 0 Å². The van der Waals surface area contributed by atoms with E-state index in [9.17, 15) is 0 Å². The van der Waals surface area contributed by atoms with Gasteiger partial charge < -0.3 is 0 Å². The van der Waals surface area contributed by atoms with Crippen molar-refractivity contribution in [3.8, 4) is 0 Å². The Labute approximate surface area is 450 Å². The van der Waals surface area contributed by atoms with Crippen LogP contribution in [0.15, 0.2) is 0 Å². The molecule has 1 fully saturated rings. The van der Waals surface area contributed by atoms with E-state index in [4.69, 9.17) is 383 Å². The van der Waals surface area contributed by atoms with Crippen LogP contribution in [0.4, 0.5) is 0 Å². The quantitative estimate of drug-likeness (QED) is 0.212. The first-order valence-corrected chi connectivity index (χ1v) is 23.1. The molecule has 0 aromatic carbocycles. The van der Waals surface area contributed by atoms with Crippen LogP contribution < -0.4 is 0 Å². The van der Waals surface area contributed by atoms with Gasteiger partial charge in [0.15, 0.2) is 69.3 Å². The summed E-state index contributed by atoms with van der Waals surface area (Å²) in [5.74, 6) is 0. The minimum atomic E-state index is -3.58. The molecular weight excluding hydrogens is 1370 g/mol. The zero-order valence-electron chi connectivity index (χ0n) is 21.1. The third kappa shape index (κ3) is 7.52. The van der Waals surface area contributed by atoms with E-state index in [1.54, 1.807) is 0 Å². The smallest absolute Gasteiger partial charge is 0.116 e. The Bertz CT molecular complexity index is 1200. The van der Waals surface area contributed by atoms with Gasteiger partial charge in [0.2, 0.25) is 0 Å². The minimum absolute atomic E-state index is 2.60. The second-order valence-corrected chi connectivity index (χ2v) is 31.4. The zero-order chi connectivity index (χ0) is 41.6. The normalized spacial score (nSPS) is 33.8. The molecule has 50 heavy (non-hydrogen) atoms. The molecule has 1 rings (SSSR count). The summed E-state index contributed by atoms with van der Waals surface area (Å²) < 4.78 is -56.2. The Hall–Kier alpha value is 9.57. The van der Waals surface area contributed by atoms with E-state index < -0.39 is 74.7 Å². The van der Waals surface area contributed by atoms with Crippen molar-refractivity contribution in [1.82, 2.24) is 0 Å². The highest BCUT2D eigenvalue weighted by Gasteiger charge is 2.89. The van der Waals surface area contributed by atoms with Crippen molar-refractivity contribution < 1.29 is 0 Å². The van der Waals surface area contributed by atoms with Gasteiger partial charge in [0, 0.05) is 0 Å². The molecule has 0 heterocycles. The van der Waals surface area contributed by atoms with Crippen LogP contribution >= 0.6 is 383 Å². The van der Waals surface area contributed by atoms with Gasteiger partial charge in [0.25, 0.3) is 0 Å². The predicted octanol–water partition coefficient (Wildman–Crippen LogP) is 19.4. The maximum Gasteiger partial charge on any atom is 0.189 e. The van der Waals surface area contributed by atoms with Crippen LogP contribution in [-0.4, -0.2) is 74.7 Å². The molecule has 0 nitrogen and oxygen atoms in total. The van der Waals surface area contributed by atoms with Gasteiger partial charge in [-0.15, -0.1) is 11.6 Å². The fourth-order valence-electron chi connectivity index (χ4n) is 3.33. The van der Waals surface area contributed by atoms with Crippen LogP contribution in [0.3, 0.4) is 0 Å². The molecule has 300 valence electrons. The maximum absolute atomic E-state index is 6.54. The molecule has 0 aliphatic heterocycles. The molecule has 1 aliphatic carbocycles. The molecule has 0 aromatic heterocycles. The van der Waals surface area contributed by atoms with Gasteiger partial charge in [0.1, 0.15) is 5.38 Å². The van der Waals surface area contributed by atoms with E-state index in [0.29, 0.717) is 0 Å². The third-order valence-corrected chi connectivity index (χ3v) is 31.4. The Kier molecular flexibility index (Phi) is 19.0. The van der Waals surface area contributed by atoms with Gasteiger partial charge in [-0.05, 0) is 0 Å². The van der Waals surface area contributed by atoms with E-state index in [-0.39, 0.29) is 0 Å². The highest BCUT2D eigenvalue weighted by molar-refractivity contribution is 6.85. The SMILES string of the molecule is ClC1C(Cl)(Cl)C(Cl)(Cl)C(Cl)(Cl)C(Cl)(Cl)C(Cl)(Cl)C(Cl)(Cl)C(Cl)(Cl)C(Cl)(Cl)C(Cl)(Cl)C(Cl)(Cl)C(Cl)(Cl)C(Cl)(Cl)C(Cl)(Cl)C(Cl)(Cl)C(Cl)(Cl)C1(Cl)Cl. The number of halogens is 33. The van der Waals surface area contributed by atoms with Crippen LogP contribution in [0.25, 0.3) is 0 Å². The van der Waals surface area contributed by atoms with E-state index in [1.807, 2.05) is 0 Å². The second-order valence-electron chi connectivity index (χ2n) is 9.65. The summed E-state index contributed by atoms with van der Waals surface area (Å²) in [6.45, 7) is 0. The van der Waals surface area contributed by atoms with Crippen molar-refractivity contribution in [3.05, 3.63) is 0 Å². The van der Waals surface area contributed by atoms with Crippen LogP contribution in [0, 0.1) is 0 Å². The summed E-state index contributed by atoms with van der Waals surface area (Å²) in [7, 11) is 0. The lowest BCUT2D eigenvalue weighted by Gasteiger charge is -2.58. The average molecular weight is 1380 g/mol. The van der Waals surface area contributed by atoms with Crippen LogP contribution in [0.2, 0.25) is 0 Å². The lowest BCUT2D eigenvalue weighted by molar-refractivity contribution is 0.400. The fourth-order valence-corrected chi connectivity index (χ4v) is 15.9. The minimum Gasteiger partial charge on any atom is -0.116 e. The first-order valence-electron chi connectivity index (χ1n) is 10.6. The topological polar surface area (TPSA) is 0 Å². The van der Waals surface area contributed by atoms with Gasteiger partial charge in [-0.25, -0.2) is 0 Å². The molecule has 0 N–H and O–H groups in total. The van der Waals surface area contributed by atoms with Gasteiger partial charge in [-0.1, -0.05) is 371 Å². The lowest BCUT2D eigenvalue weighted by atomic mass is 9.97. The van der Waals surface area contributed by atoms with Crippen molar-refractivity contribution in [3.63, 3.8) is 0 Å². The summed E-state index contributed by atoms with van der Waals surface area (Å²) in [6.07, 6.45) is 0. The second kappa shape index (κ2) is 16.5. The Morgan fingerprint density at radius 3 is 0.340 bits per heavy atom. The molecule has 1 aliphatic rings. The average Bonchev–Trinajstić information content (AvgIpc) is 2.90. The van der Waals surface area contributed by atoms with Crippen molar-refractivity contribution in [2.45, 2.75) is 74.7 Å². The number of hydrogen-bond donors (Lipinski definition) is 0. The number of rotatable bonds is 0. The van der Waals surface area contributed by atoms with Gasteiger partial charge >= 0.3 is 0 Å². The monoisotopic (exact) mass is 1360 g/mol. The third-order valence-electron chi connectivity index (χ3n) is 6.60. The fraction of sp³-hybridized carbons (Fsp3) is 1.00. The molecule has 33 heteroatoms. The summed E-state index contributed by atoms with van der Waals surface area (Å²) >= 11 is 216. The molecule has 0 spiro atoms. The molecule has 0 saturated heterocycles. The highest BCUT2D eigenvalue weighted by Crippen LogP contribution is 2.79. The summed E-state index contributed by atoms with van der Waals surface area (Å²) in [5, 5.41) is -2.60. The number of hydrogen-bond acceptors (Lipinski definition) is 0. The first kappa shape index (κ1) is 57.6. The van der Waals surface area contributed by atoms with Gasteiger partial charge in [-0.3, -0.25) is 0 Å². The van der Waals surface area contributed by atoms with Crippen molar-refractivity contribution in [2.24, 2.45) is 0 Å². The lowest BCUT2D eigenvalue weighted by Crippen LogP contribution is -2.75. The molecule has 0 atom stereocenters. The molecule has 0 unspecified atom stereocenters. The first-order chi connectivity index (χ1) is 20.9. The van der Waals surface area contributed by atoms with E-state index in [1.165, 1.54) is 0 Å². The Morgan fingerprint density at radius 2 is 0.240 bits per heavy atom. The molecule has 0 amide bonds.